The number of anilines is 1. The van der Waals surface area contributed by atoms with Gasteiger partial charge in [-0.3, -0.25) is 9.59 Å². The van der Waals surface area contributed by atoms with E-state index in [2.05, 4.69) is 5.32 Å². The highest BCUT2D eigenvalue weighted by atomic mass is 32.2. The summed E-state index contributed by atoms with van der Waals surface area (Å²) < 4.78 is 29.7. The Morgan fingerprint density at radius 2 is 1.78 bits per heavy atom. The molecule has 0 aliphatic carbocycles. The van der Waals surface area contributed by atoms with E-state index in [9.17, 15) is 18.0 Å². The lowest BCUT2D eigenvalue weighted by Crippen LogP contribution is -2.20. The maximum absolute atomic E-state index is 12.4. The van der Waals surface area contributed by atoms with E-state index in [1.165, 1.54) is 12.1 Å². The second kappa shape index (κ2) is 7.92. The van der Waals surface area contributed by atoms with Crippen molar-refractivity contribution in [2.75, 3.05) is 17.7 Å². The molecule has 0 saturated carbocycles. The van der Waals surface area contributed by atoms with Gasteiger partial charge in [0, 0.05) is 5.69 Å². The largest absolute Gasteiger partial charge is 0.465 e. The van der Waals surface area contributed by atoms with E-state index in [1.54, 1.807) is 12.1 Å². The molecule has 2 aromatic rings. The van der Waals surface area contributed by atoms with Gasteiger partial charge in [0.2, 0.25) is 5.91 Å². The molecule has 1 aliphatic heterocycles. The molecule has 142 valence electrons. The lowest BCUT2D eigenvalue weighted by atomic mass is 10.1. The van der Waals surface area contributed by atoms with Gasteiger partial charge in [0.15, 0.2) is 9.84 Å². The zero-order chi connectivity index (χ0) is 19.4. The molecule has 2 aromatic carbocycles. The fourth-order valence-corrected chi connectivity index (χ4v) is 4.47. The molecular weight excluding hydrogens is 366 g/mol. The highest BCUT2D eigenvalue weighted by molar-refractivity contribution is 7.91. The van der Waals surface area contributed by atoms with Crippen molar-refractivity contribution in [3.8, 4) is 0 Å². The molecule has 1 unspecified atom stereocenters. The van der Waals surface area contributed by atoms with Gasteiger partial charge >= 0.3 is 5.97 Å². The summed E-state index contributed by atoms with van der Waals surface area (Å²) >= 11 is 0. The Kier molecular flexibility index (Phi) is 5.60. The van der Waals surface area contributed by atoms with Gasteiger partial charge in [-0.2, -0.15) is 0 Å². The van der Waals surface area contributed by atoms with E-state index in [0.717, 1.165) is 11.1 Å². The summed E-state index contributed by atoms with van der Waals surface area (Å²) in [7, 11) is -3.59. The van der Waals surface area contributed by atoms with Crippen molar-refractivity contribution in [2.45, 2.75) is 24.7 Å². The van der Waals surface area contributed by atoms with Crippen LogP contribution in [0.5, 0.6) is 0 Å². The molecule has 0 spiro atoms. The molecule has 3 rings (SSSR count). The molecule has 1 aliphatic rings. The Bertz CT molecular complexity index is 933. The van der Waals surface area contributed by atoms with Gasteiger partial charge in [0.05, 0.1) is 29.6 Å². The average Bonchev–Trinajstić information content (AvgIpc) is 3.01. The van der Waals surface area contributed by atoms with Crippen LogP contribution >= 0.6 is 0 Å². The number of carbonyl (C=O) groups is 2. The summed E-state index contributed by atoms with van der Waals surface area (Å²) in [5, 5.41) is 2.76. The van der Waals surface area contributed by atoms with Crippen molar-refractivity contribution < 1.29 is 22.7 Å². The SMILES string of the molecule is Cc1ccc(CC(=O)Nc2ccc(S(=O)(=O)CC3CCOC3=O)cc2)cc1. The standard InChI is InChI=1S/C20H21NO5S/c1-14-2-4-15(5-3-14)12-19(22)21-17-6-8-18(9-7-17)27(24,25)13-16-10-11-26-20(16)23/h2-9,16H,10-13H2,1H3,(H,21,22). The van der Waals surface area contributed by atoms with Gasteiger partial charge < -0.3 is 10.1 Å². The smallest absolute Gasteiger partial charge is 0.310 e. The van der Waals surface area contributed by atoms with Crippen LogP contribution in [0.15, 0.2) is 53.4 Å². The Morgan fingerprint density at radius 3 is 2.37 bits per heavy atom. The van der Waals surface area contributed by atoms with Crippen LogP contribution in [-0.2, 0) is 30.6 Å². The Hall–Kier alpha value is -2.67. The molecule has 0 bridgehead atoms. The Balaban J connectivity index is 1.61. The van der Waals surface area contributed by atoms with Crippen LogP contribution in [0, 0.1) is 12.8 Å². The second-order valence-electron chi connectivity index (χ2n) is 6.67. The van der Waals surface area contributed by atoms with Crippen molar-refractivity contribution in [2.24, 2.45) is 5.92 Å². The number of aryl methyl sites for hydroxylation is 1. The number of ether oxygens (including phenoxy) is 1. The summed E-state index contributed by atoms with van der Waals surface area (Å²) in [6.45, 7) is 2.25. The second-order valence-corrected chi connectivity index (χ2v) is 8.70. The lowest BCUT2D eigenvalue weighted by Gasteiger charge is -2.09. The number of benzene rings is 2. The number of amides is 1. The number of rotatable bonds is 6. The number of cyclic esters (lactones) is 1. The molecule has 27 heavy (non-hydrogen) atoms. The van der Waals surface area contributed by atoms with E-state index in [0.29, 0.717) is 12.1 Å². The molecule has 1 fully saturated rings. The number of esters is 1. The first-order chi connectivity index (χ1) is 12.8. The first-order valence-corrected chi connectivity index (χ1v) is 10.3. The quantitative estimate of drug-likeness (QED) is 0.770. The van der Waals surface area contributed by atoms with Crippen LogP contribution in [0.1, 0.15) is 17.5 Å². The topological polar surface area (TPSA) is 89.5 Å². The fourth-order valence-electron chi connectivity index (χ4n) is 2.89. The van der Waals surface area contributed by atoms with Crippen LogP contribution in [0.25, 0.3) is 0 Å². The van der Waals surface area contributed by atoms with Gasteiger partial charge in [0.25, 0.3) is 0 Å². The van der Waals surface area contributed by atoms with Crippen LogP contribution in [0.4, 0.5) is 5.69 Å². The molecule has 7 heteroatoms. The van der Waals surface area contributed by atoms with Crippen molar-refractivity contribution in [3.63, 3.8) is 0 Å². The van der Waals surface area contributed by atoms with E-state index in [4.69, 9.17) is 4.74 Å². The third-order valence-corrected chi connectivity index (χ3v) is 6.28. The van der Waals surface area contributed by atoms with Crippen LogP contribution < -0.4 is 5.32 Å². The van der Waals surface area contributed by atoms with Crippen LogP contribution in [0.2, 0.25) is 0 Å². The molecule has 1 saturated heterocycles. The van der Waals surface area contributed by atoms with Gasteiger partial charge in [-0.05, 0) is 43.2 Å². The number of nitrogens with one attached hydrogen (secondary N) is 1. The molecular formula is C20H21NO5S. The number of sulfone groups is 1. The van der Waals surface area contributed by atoms with E-state index in [1.807, 2.05) is 31.2 Å². The summed E-state index contributed by atoms with van der Waals surface area (Å²) in [4.78, 5) is 23.8. The minimum absolute atomic E-state index is 0.124. The molecule has 1 amide bonds. The normalized spacial score (nSPS) is 16.8. The maximum atomic E-state index is 12.4. The first-order valence-electron chi connectivity index (χ1n) is 8.68. The highest BCUT2D eigenvalue weighted by Crippen LogP contribution is 2.22. The summed E-state index contributed by atoms with van der Waals surface area (Å²) in [5.74, 6) is -1.50. The third kappa shape index (κ3) is 4.95. The third-order valence-electron chi connectivity index (χ3n) is 4.45. The molecule has 1 atom stereocenters. The number of hydrogen-bond acceptors (Lipinski definition) is 5. The van der Waals surface area contributed by atoms with Crippen molar-refractivity contribution >= 4 is 27.4 Å². The summed E-state index contributed by atoms with van der Waals surface area (Å²) in [6.07, 6.45) is 0.662. The average molecular weight is 387 g/mol. The molecule has 6 nitrogen and oxygen atoms in total. The number of carbonyl (C=O) groups excluding carboxylic acids is 2. The van der Waals surface area contributed by atoms with Crippen LogP contribution in [-0.4, -0.2) is 32.7 Å². The van der Waals surface area contributed by atoms with Crippen LogP contribution in [0.3, 0.4) is 0 Å². The lowest BCUT2D eigenvalue weighted by molar-refractivity contribution is -0.140. The predicted molar refractivity (Wildman–Crippen MR) is 101 cm³/mol. The molecule has 1 heterocycles. The Labute approximate surface area is 158 Å². The van der Waals surface area contributed by atoms with Crippen molar-refractivity contribution in [3.05, 3.63) is 59.7 Å². The molecule has 0 aromatic heterocycles. The van der Waals surface area contributed by atoms with Crippen molar-refractivity contribution in [1.29, 1.82) is 0 Å². The Morgan fingerprint density at radius 1 is 1.11 bits per heavy atom. The maximum Gasteiger partial charge on any atom is 0.310 e. The monoisotopic (exact) mass is 387 g/mol. The van der Waals surface area contributed by atoms with E-state index < -0.39 is 21.7 Å². The molecule has 1 N–H and O–H groups in total. The van der Waals surface area contributed by atoms with Gasteiger partial charge in [-0.25, -0.2) is 8.42 Å². The van der Waals surface area contributed by atoms with E-state index in [-0.39, 0.29) is 29.6 Å². The highest BCUT2D eigenvalue weighted by Gasteiger charge is 2.32. The first kappa shape index (κ1) is 19.1. The van der Waals surface area contributed by atoms with Crippen molar-refractivity contribution in [1.82, 2.24) is 0 Å². The fraction of sp³-hybridized carbons (Fsp3) is 0.300. The van der Waals surface area contributed by atoms with E-state index >= 15 is 0 Å². The minimum Gasteiger partial charge on any atom is -0.465 e. The van der Waals surface area contributed by atoms with Gasteiger partial charge in [-0.15, -0.1) is 0 Å². The molecule has 0 radical (unpaired) electrons. The predicted octanol–water partition coefficient (Wildman–Crippen LogP) is 2.51. The van der Waals surface area contributed by atoms with Gasteiger partial charge in [0.1, 0.15) is 0 Å². The zero-order valence-electron chi connectivity index (χ0n) is 15.0. The minimum atomic E-state index is -3.59. The summed E-state index contributed by atoms with van der Waals surface area (Å²) in [6, 6.07) is 13.7. The zero-order valence-corrected chi connectivity index (χ0v) is 15.8. The van der Waals surface area contributed by atoms with Gasteiger partial charge in [-0.1, -0.05) is 29.8 Å². The number of hydrogen-bond donors (Lipinski definition) is 1. The summed E-state index contributed by atoms with van der Waals surface area (Å²) in [5.41, 5.74) is 2.55.